The maximum atomic E-state index is 12.0. The molecule has 7 heteroatoms. The monoisotopic (exact) mass is 263 g/mol. The van der Waals surface area contributed by atoms with Crippen molar-refractivity contribution in [1.82, 2.24) is 10.3 Å². The third kappa shape index (κ3) is 3.94. The molecule has 1 aromatic heterocycles. The molecular weight excluding hydrogens is 246 g/mol. The molecular formula is C12H17N5O2. The van der Waals surface area contributed by atoms with Crippen LogP contribution >= 0.6 is 0 Å². The number of nitrogens with zero attached hydrogens (tertiary/aromatic N) is 4. The highest BCUT2D eigenvalue weighted by atomic mass is 16.5. The van der Waals surface area contributed by atoms with Gasteiger partial charge in [0.1, 0.15) is 5.54 Å². The Morgan fingerprint density at radius 1 is 1.68 bits per heavy atom. The minimum Gasteiger partial charge on any atom is -0.467 e. The van der Waals surface area contributed by atoms with Gasteiger partial charge in [0.2, 0.25) is 0 Å². The van der Waals surface area contributed by atoms with Gasteiger partial charge in [-0.25, -0.2) is 4.79 Å². The van der Waals surface area contributed by atoms with E-state index in [1.807, 2.05) is 6.07 Å². The number of nitrogens with one attached hydrogen (secondary N) is 1. The zero-order chi connectivity index (χ0) is 14.1. The maximum absolute atomic E-state index is 12.0. The van der Waals surface area contributed by atoms with Crippen LogP contribution < -0.4 is 5.32 Å². The van der Waals surface area contributed by atoms with Gasteiger partial charge in [0.25, 0.3) is 0 Å². The van der Waals surface area contributed by atoms with Crippen LogP contribution in [0.3, 0.4) is 0 Å². The summed E-state index contributed by atoms with van der Waals surface area (Å²) in [5.41, 5.74) is 7.95. The van der Waals surface area contributed by atoms with E-state index in [0.717, 1.165) is 5.56 Å². The Kier molecular flexibility index (Phi) is 5.78. The van der Waals surface area contributed by atoms with Crippen LogP contribution in [0.25, 0.3) is 10.4 Å². The standard InChI is InChI=1S/C12H17N5O2/c1-12(11(18)19-2,10-5-3-6-14-9-10)15-7-4-8-16-17-13/h3,5-6,9,15H,4,7-8H2,1-2H3. The van der Waals surface area contributed by atoms with Crippen LogP contribution in [0.1, 0.15) is 18.9 Å². The van der Waals surface area contributed by atoms with Crippen LogP contribution in [0.2, 0.25) is 0 Å². The fourth-order valence-corrected chi connectivity index (χ4v) is 1.69. The van der Waals surface area contributed by atoms with Gasteiger partial charge in [-0.2, -0.15) is 0 Å². The first kappa shape index (κ1) is 14.9. The van der Waals surface area contributed by atoms with Gasteiger partial charge in [-0.3, -0.25) is 10.3 Å². The molecule has 0 aliphatic rings. The average molecular weight is 263 g/mol. The molecule has 0 aromatic carbocycles. The first-order valence-electron chi connectivity index (χ1n) is 5.90. The number of carbonyl (C=O) groups is 1. The summed E-state index contributed by atoms with van der Waals surface area (Å²) in [6.45, 7) is 2.65. The van der Waals surface area contributed by atoms with Gasteiger partial charge in [-0.15, -0.1) is 0 Å². The van der Waals surface area contributed by atoms with Crippen molar-refractivity contribution < 1.29 is 9.53 Å². The number of ether oxygens (including phenoxy) is 1. The fraction of sp³-hybridized carbons (Fsp3) is 0.500. The summed E-state index contributed by atoms with van der Waals surface area (Å²) < 4.78 is 4.84. The minimum atomic E-state index is -0.959. The molecule has 0 saturated heterocycles. The smallest absolute Gasteiger partial charge is 0.330 e. The zero-order valence-corrected chi connectivity index (χ0v) is 11.0. The molecule has 1 rings (SSSR count). The largest absolute Gasteiger partial charge is 0.467 e. The first-order chi connectivity index (χ1) is 9.15. The molecule has 0 aliphatic carbocycles. The predicted octanol–water partition coefficient (Wildman–Crippen LogP) is 1.76. The van der Waals surface area contributed by atoms with Crippen LogP contribution in [-0.2, 0) is 15.1 Å². The van der Waals surface area contributed by atoms with E-state index in [1.165, 1.54) is 7.11 Å². The summed E-state index contributed by atoms with van der Waals surface area (Å²) in [5, 5.41) is 6.57. The molecule has 1 N–H and O–H groups in total. The van der Waals surface area contributed by atoms with Gasteiger partial charge in [0.05, 0.1) is 7.11 Å². The second kappa shape index (κ2) is 7.35. The summed E-state index contributed by atoms with van der Waals surface area (Å²) in [4.78, 5) is 18.6. The van der Waals surface area contributed by atoms with E-state index in [-0.39, 0.29) is 5.97 Å². The lowest BCUT2D eigenvalue weighted by atomic mass is 9.93. The van der Waals surface area contributed by atoms with E-state index in [1.54, 1.807) is 25.4 Å². The van der Waals surface area contributed by atoms with Crippen LogP contribution in [0.15, 0.2) is 29.6 Å². The maximum Gasteiger partial charge on any atom is 0.330 e. The molecule has 7 nitrogen and oxygen atoms in total. The number of carbonyl (C=O) groups excluding carboxylic acids is 1. The van der Waals surface area contributed by atoms with Crippen LogP contribution in [-0.4, -0.2) is 31.2 Å². The Bertz CT molecular complexity index is 458. The van der Waals surface area contributed by atoms with Crippen LogP contribution in [0.4, 0.5) is 0 Å². The number of aromatic nitrogens is 1. The number of hydrogen-bond acceptors (Lipinski definition) is 5. The molecule has 0 aliphatic heterocycles. The highest BCUT2D eigenvalue weighted by Gasteiger charge is 2.35. The molecule has 0 bridgehead atoms. The molecule has 1 heterocycles. The molecule has 0 amide bonds. The molecule has 0 fully saturated rings. The van der Waals surface area contributed by atoms with E-state index in [4.69, 9.17) is 10.3 Å². The molecule has 0 saturated carbocycles. The summed E-state index contributed by atoms with van der Waals surface area (Å²) in [6.07, 6.45) is 3.90. The highest BCUT2D eigenvalue weighted by molar-refractivity contribution is 5.81. The summed E-state index contributed by atoms with van der Waals surface area (Å²) in [5.74, 6) is -0.385. The SMILES string of the molecule is COC(=O)C(C)(NCCCN=[N+]=[N-])c1cccnc1. The molecule has 0 spiro atoms. The van der Waals surface area contributed by atoms with Crippen LogP contribution in [0.5, 0.6) is 0 Å². The van der Waals surface area contributed by atoms with Crippen molar-refractivity contribution in [3.8, 4) is 0 Å². The molecule has 1 aromatic rings. The lowest BCUT2D eigenvalue weighted by molar-refractivity contribution is -0.148. The zero-order valence-electron chi connectivity index (χ0n) is 11.0. The Morgan fingerprint density at radius 3 is 3.05 bits per heavy atom. The number of pyridine rings is 1. The Balaban J connectivity index is 2.77. The quantitative estimate of drug-likeness (QED) is 0.266. The van der Waals surface area contributed by atoms with Crippen molar-refractivity contribution in [3.05, 3.63) is 40.5 Å². The molecule has 102 valence electrons. The molecule has 1 atom stereocenters. The normalized spacial score (nSPS) is 13.2. The second-order valence-electron chi connectivity index (χ2n) is 4.09. The Morgan fingerprint density at radius 2 is 2.47 bits per heavy atom. The van der Waals surface area contributed by atoms with Crippen molar-refractivity contribution in [2.75, 3.05) is 20.2 Å². The van der Waals surface area contributed by atoms with Crippen molar-refractivity contribution in [2.24, 2.45) is 5.11 Å². The van der Waals surface area contributed by atoms with Gasteiger partial charge in [0, 0.05) is 29.4 Å². The van der Waals surface area contributed by atoms with E-state index >= 15 is 0 Å². The predicted molar refractivity (Wildman–Crippen MR) is 70.2 cm³/mol. The van der Waals surface area contributed by atoms with E-state index < -0.39 is 5.54 Å². The third-order valence-corrected chi connectivity index (χ3v) is 2.81. The molecule has 1 unspecified atom stereocenters. The Labute approximate surface area is 111 Å². The van der Waals surface area contributed by atoms with Gasteiger partial charge in [-0.05, 0) is 31.5 Å². The molecule has 19 heavy (non-hydrogen) atoms. The van der Waals surface area contributed by atoms with E-state index in [9.17, 15) is 4.79 Å². The lowest BCUT2D eigenvalue weighted by Crippen LogP contribution is -2.48. The third-order valence-electron chi connectivity index (χ3n) is 2.81. The number of rotatable bonds is 7. The van der Waals surface area contributed by atoms with E-state index in [0.29, 0.717) is 19.5 Å². The van der Waals surface area contributed by atoms with Gasteiger partial charge in [-0.1, -0.05) is 11.2 Å². The van der Waals surface area contributed by atoms with Gasteiger partial charge >= 0.3 is 5.97 Å². The summed E-state index contributed by atoms with van der Waals surface area (Å²) in [7, 11) is 1.35. The minimum absolute atomic E-state index is 0.383. The van der Waals surface area contributed by atoms with Crippen molar-refractivity contribution in [3.63, 3.8) is 0 Å². The van der Waals surface area contributed by atoms with Crippen molar-refractivity contribution >= 4 is 5.97 Å². The molecule has 0 radical (unpaired) electrons. The first-order valence-corrected chi connectivity index (χ1v) is 5.90. The number of methoxy groups -OCH3 is 1. The van der Waals surface area contributed by atoms with Crippen molar-refractivity contribution in [2.45, 2.75) is 18.9 Å². The fourth-order valence-electron chi connectivity index (χ4n) is 1.69. The van der Waals surface area contributed by atoms with E-state index in [2.05, 4.69) is 20.3 Å². The lowest BCUT2D eigenvalue weighted by Gasteiger charge is -2.28. The van der Waals surface area contributed by atoms with Gasteiger partial charge < -0.3 is 4.74 Å². The van der Waals surface area contributed by atoms with Crippen LogP contribution in [0, 0.1) is 0 Å². The summed E-state index contributed by atoms with van der Waals surface area (Å²) >= 11 is 0. The number of esters is 1. The second-order valence-corrected chi connectivity index (χ2v) is 4.09. The highest BCUT2D eigenvalue weighted by Crippen LogP contribution is 2.21. The average Bonchev–Trinajstić information content (AvgIpc) is 2.46. The van der Waals surface area contributed by atoms with Gasteiger partial charge in [0.15, 0.2) is 0 Å². The van der Waals surface area contributed by atoms with Crippen molar-refractivity contribution in [1.29, 1.82) is 0 Å². The Hall–Kier alpha value is -2.11. The number of azide groups is 1. The topological polar surface area (TPSA) is 100.0 Å². The summed E-state index contributed by atoms with van der Waals surface area (Å²) in [6, 6.07) is 3.57. The number of hydrogen-bond donors (Lipinski definition) is 1.